The van der Waals surface area contributed by atoms with Crippen molar-refractivity contribution in [2.75, 3.05) is 25.1 Å². The van der Waals surface area contributed by atoms with Crippen molar-refractivity contribution in [2.45, 2.75) is 25.9 Å². The van der Waals surface area contributed by atoms with Crippen molar-refractivity contribution in [3.63, 3.8) is 0 Å². The molecular weight excluding hydrogens is 283 g/mol. The minimum Gasteiger partial charge on any atom is -0.496 e. The third kappa shape index (κ3) is 3.31. The molecule has 21 heavy (non-hydrogen) atoms. The lowest BCUT2D eigenvalue weighted by molar-refractivity contribution is -0.179. The highest BCUT2D eigenvalue weighted by Crippen LogP contribution is 2.37. The Hall–Kier alpha value is -1.72. The molecule has 0 amide bonds. The minimum absolute atomic E-state index is 0.0536. The fourth-order valence-corrected chi connectivity index (χ4v) is 2.75. The molecule has 0 saturated carbocycles. The van der Waals surface area contributed by atoms with Gasteiger partial charge in [0.15, 0.2) is 5.78 Å². The molecule has 0 N–H and O–H groups in total. The van der Waals surface area contributed by atoms with E-state index in [-0.39, 0.29) is 31.7 Å². The molecule has 2 rings (SSSR count). The largest absolute Gasteiger partial charge is 0.496 e. The maximum Gasteiger partial charge on any atom is 0.391 e. The third-order valence-corrected chi connectivity index (χ3v) is 3.87. The van der Waals surface area contributed by atoms with E-state index >= 15 is 0 Å². The normalized spacial score (nSPS) is 16.9. The Bertz CT molecular complexity index is 520. The third-order valence-electron chi connectivity index (χ3n) is 3.87. The first kappa shape index (κ1) is 15.7. The number of benzene rings is 1. The molecular formula is C15H18F3NO2. The lowest BCUT2D eigenvalue weighted by Crippen LogP contribution is -2.39. The summed E-state index contributed by atoms with van der Waals surface area (Å²) < 4.78 is 43.3. The van der Waals surface area contributed by atoms with Crippen LogP contribution in [0.4, 0.5) is 18.9 Å². The van der Waals surface area contributed by atoms with Crippen LogP contribution in [-0.4, -0.2) is 32.2 Å². The fourth-order valence-electron chi connectivity index (χ4n) is 2.75. The van der Waals surface area contributed by atoms with Crippen molar-refractivity contribution in [3.05, 3.63) is 23.8 Å². The number of rotatable bonds is 3. The van der Waals surface area contributed by atoms with Gasteiger partial charge >= 0.3 is 6.18 Å². The number of piperidine rings is 1. The maximum atomic E-state index is 12.7. The van der Waals surface area contributed by atoms with E-state index in [1.54, 1.807) is 18.2 Å². The molecule has 1 aromatic carbocycles. The van der Waals surface area contributed by atoms with Gasteiger partial charge < -0.3 is 9.64 Å². The number of hydrogen-bond acceptors (Lipinski definition) is 3. The molecule has 1 aromatic rings. The zero-order valence-electron chi connectivity index (χ0n) is 12.0. The Labute approximate surface area is 121 Å². The Kier molecular flexibility index (Phi) is 4.44. The number of alkyl halides is 3. The zero-order valence-corrected chi connectivity index (χ0v) is 12.0. The van der Waals surface area contributed by atoms with Gasteiger partial charge in [-0.3, -0.25) is 4.79 Å². The van der Waals surface area contributed by atoms with Gasteiger partial charge in [-0.15, -0.1) is 0 Å². The van der Waals surface area contributed by atoms with Crippen LogP contribution < -0.4 is 9.64 Å². The van der Waals surface area contributed by atoms with E-state index < -0.39 is 12.1 Å². The quantitative estimate of drug-likeness (QED) is 0.798. The topological polar surface area (TPSA) is 29.5 Å². The predicted octanol–water partition coefficient (Wildman–Crippen LogP) is 3.68. The Balaban J connectivity index is 2.23. The van der Waals surface area contributed by atoms with Crippen LogP contribution in [0.25, 0.3) is 0 Å². The molecule has 1 fully saturated rings. The second-order valence-corrected chi connectivity index (χ2v) is 5.21. The number of ether oxygens (including phenoxy) is 1. The molecule has 0 unspecified atom stereocenters. The van der Waals surface area contributed by atoms with Crippen LogP contribution in [0.5, 0.6) is 5.75 Å². The second-order valence-electron chi connectivity index (χ2n) is 5.21. The molecule has 0 aliphatic carbocycles. The van der Waals surface area contributed by atoms with Gasteiger partial charge in [-0.25, -0.2) is 0 Å². The summed E-state index contributed by atoms with van der Waals surface area (Å²) in [6, 6.07) is 5.19. The molecule has 0 spiro atoms. The number of nitrogens with zero attached hydrogens (tertiary/aromatic N) is 1. The highest BCUT2D eigenvalue weighted by atomic mass is 19.4. The first-order valence-electron chi connectivity index (χ1n) is 6.84. The Morgan fingerprint density at radius 2 is 1.90 bits per heavy atom. The molecule has 0 bridgehead atoms. The van der Waals surface area contributed by atoms with Crippen molar-refractivity contribution in [2.24, 2.45) is 5.92 Å². The number of Topliss-reactive ketones (excluding diaryl/α,β-unsaturated/α-hetero) is 1. The van der Waals surface area contributed by atoms with Gasteiger partial charge in [0.05, 0.1) is 24.3 Å². The van der Waals surface area contributed by atoms with Gasteiger partial charge in [0.2, 0.25) is 0 Å². The molecule has 0 atom stereocenters. The molecule has 3 nitrogen and oxygen atoms in total. The summed E-state index contributed by atoms with van der Waals surface area (Å²) in [5.41, 5.74) is 1.09. The summed E-state index contributed by atoms with van der Waals surface area (Å²) in [7, 11) is 1.47. The van der Waals surface area contributed by atoms with Crippen molar-refractivity contribution < 1.29 is 22.7 Å². The van der Waals surface area contributed by atoms with Gasteiger partial charge in [-0.05, 0) is 31.9 Å². The maximum absolute atomic E-state index is 12.7. The Morgan fingerprint density at radius 1 is 1.29 bits per heavy atom. The summed E-state index contributed by atoms with van der Waals surface area (Å²) in [6.45, 7) is 2.01. The van der Waals surface area contributed by atoms with Gasteiger partial charge in [0.25, 0.3) is 0 Å². The molecule has 1 heterocycles. The first-order valence-corrected chi connectivity index (χ1v) is 6.84. The van der Waals surface area contributed by atoms with Crippen molar-refractivity contribution in [1.29, 1.82) is 0 Å². The average Bonchev–Trinajstić information content (AvgIpc) is 2.45. The van der Waals surface area contributed by atoms with Gasteiger partial charge in [0, 0.05) is 13.1 Å². The molecule has 1 aliphatic heterocycles. The van der Waals surface area contributed by atoms with E-state index in [1.807, 2.05) is 4.90 Å². The van der Waals surface area contributed by atoms with E-state index in [4.69, 9.17) is 4.74 Å². The second kappa shape index (κ2) is 5.95. The number of carbonyl (C=O) groups is 1. The summed E-state index contributed by atoms with van der Waals surface area (Å²) in [5, 5.41) is 0. The Morgan fingerprint density at radius 3 is 2.38 bits per heavy atom. The van der Waals surface area contributed by atoms with Crippen LogP contribution in [-0.2, 0) is 0 Å². The number of carbonyl (C=O) groups excluding carboxylic acids is 1. The molecule has 0 aromatic heterocycles. The average molecular weight is 301 g/mol. The van der Waals surface area contributed by atoms with Gasteiger partial charge in [-0.2, -0.15) is 13.2 Å². The van der Waals surface area contributed by atoms with Crippen LogP contribution in [0.2, 0.25) is 0 Å². The number of ketones is 1. The number of hydrogen-bond donors (Lipinski definition) is 0. The molecule has 0 radical (unpaired) electrons. The smallest absolute Gasteiger partial charge is 0.391 e. The van der Waals surface area contributed by atoms with Crippen LogP contribution in [0.3, 0.4) is 0 Å². The number of anilines is 1. The van der Waals surface area contributed by atoms with Gasteiger partial charge in [-0.1, -0.05) is 6.07 Å². The minimum atomic E-state index is -4.14. The molecule has 1 saturated heterocycles. The monoisotopic (exact) mass is 301 g/mol. The SMILES string of the molecule is COc1cccc(N2CCC(C(F)(F)F)CC2)c1C(C)=O. The lowest BCUT2D eigenvalue weighted by Gasteiger charge is -2.35. The van der Waals surface area contributed by atoms with Crippen LogP contribution in [0.15, 0.2) is 18.2 Å². The van der Waals surface area contributed by atoms with E-state index in [2.05, 4.69) is 0 Å². The van der Waals surface area contributed by atoms with Crippen molar-refractivity contribution in [3.8, 4) is 5.75 Å². The summed E-state index contributed by atoms with van der Waals surface area (Å²) in [4.78, 5) is 13.7. The van der Waals surface area contributed by atoms with Crippen LogP contribution in [0, 0.1) is 5.92 Å². The van der Waals surface area contributed by atoms with Crippen LogP contribution in [0.1, 0.15) is 30.1 Å². The summed E-state index contributed by atoms with van der Waals surface area (Å²) in [5.74, 6) is -0.946. The number of methoxy groups -OCH3 is 1. The van der Waals surface area contributed by atoms with Crippen molar-refractivity contribution >= 4 is 11.5 Å². The van der Waals surface area contributed by atoms with Crippen molar-refractivity contribution in [1.82, 2.24) is 0 Å². The van der Waals surface area contributed by atoms with E-state index in [1.165, 1.54) is 14.0 Å². The van der Waals surface area contributed by atoms with Crippen LogP contribution >= 0.6 is 0 Å². The zero-order chi connectivity index (χ0) is 15.6. The van der Waals surface area contributed by atoms with E-state index in [0.717, 1.165) is 0 Å². The first-order chi connectivity index (χ1) is 9.84. The van der Waals surface area contributed by atoms with Gasteiger partial charge in [0.1, 0.15) is 5.75 Å². The lowest BCUT2D eigenvalue weighted by atomic mass is 9.95. The van der Waals surface area contributed by atoms with E-state index in [0.29, 0.717) is 17.0 Å². The molecule has 6 heteroatoms. The standard InChI is InChI=1S/C15H18F3NO2/c1-10(20)14-12(4-3-5-13(14)21-2)19-8-6-11(7-9-19)15(16,17)18/h3-5,11H,6-9H2,1-2H3. The molecule has 116 valence electrons. The number of halogens is 3. The highest BCUT2D eigenvalue weighted by Gasteiger charge is 2.41. The van der Waals surface area contributed by atoms with E-state index in [9.17, 15) is 18.0 Å². The molecule has 1 aliphatic rings. The summed E-state index contributed by atoms with van der Waals surface area (Å²) in [6.07, 6.45) is -4.03. The predicted molar refractivity (Wildman–Crippen MR) is 74.0 cm³/mol. The fraction of sp³-hybridized carbons (Fsp3) is 0.533. The highest BCUT2D eigenvalue weighted by molar-refractivity contribution is 6.02. The summed E-state index contributed by atoms with van der Waals surface area (Å²) >= 11 is 0.